The van der Waals surface area contributed by atoms with Gasteiger partial charge in [-0.1, -0.05) is 30.3 Å². The van der Waals surface area contributed by atoms with Crippen molar-refractivity contribution >= 4 is 17.7 Å². The fraction of sp³-hybridized carbons (Fsp3) is 0.222. The zero-order chi connectivity index (χ0) is 25.2. The van der Waals surface area contributed by atoms with E-state index < -0.39 is 17.9 Å². The van der Waals surface area contributed by atoms with Gasteiger partial charge in [-0.05, 0) is 78.1 Å². The maximum atomic E-state index is 12.6. The van der Waals surface area contributed by atoms with E-state index >= 15 is 0 Å². The van der Waals surface area contributed by atoms with Gasteiger partial charge in [-0.2, -0.15) is 0 Å². The van der Waals surface area contributed by atoms with Gasteiger partial charge >= 0.3 is 12.3 Å². The molecular weight excluding hydrogens is 459 g/mol. The molecule has 0 amide bonds. The van der Waals surface area contributed by atoms with Gasteiger partial charge in [0.05, 0.1) is 12.6 Å². The third-order valence-electron chi connectivity index (χ3n) is 6.23. The number of methoxy groups -OCH3 is 1. The molecule has 0 radical (unpaired) electrons. The summed E-state index contributed by atoms with van der Waals surface area (Å²) in [5.74, 6) is -0.560. The maximum Gasteiger partial charge on any atom is 0.573 e. The second kappa shape index (κ2) is 9.37. The molecule has 182 valence electrons. The van der Waals surface area contributed by atoms with Crippen LogP contribution in [-0.2, 0) is 21.5 Å². The quantitative estimate of drug-likeness (QED) is 0.367. The lowest BCUT2D eigenvalue weighted by Gasteiger charge is -2.48. The van der Waals surface area contributed by atoms with E-state index in [1.807, 2.05) is 37.3 Å². The maximum absolute atomic E-state index is 12.6. The van der Waals surface area contributed by atoms with E-state index in [1.54, 1.807) is 30.3 Å². The molecule has 1 aliphatic heterocycles. The van der Waals surface area contributed by atoms with E-state index in [-0.39, 0.29) is 11.5 Å². The Balaban J connectivity index is 1.75. The Labute approximate surface area is 201 Å². The van der Waals surface area contributed by atoms with Crippen molar-refractivity contribution in [2.24, 2.45) is 0 Å². The van der Waals surface area contributed by atoms with E-state index in [1.165, 1.54) is 25.3 Å². The standard InChI is InChI=1S/C27H24F3NO4/c1-26(20-6-3-18(4-7-20)5-14-25(33)34-2)24-13-10-22(32)17-19(24)15-16-31(26)21-8-11-23(12-9-21)35-27(28,29)30/h3-14,17,32H,15-16H2,1-2H3. The van der Waals surface area contributed by atoms with Crippen LogP contribution in [0.2, 0.25) is 0 Å². The number of halogens is 3. The SMILES string of the molecule is COC(=O)C=Cc1ccc(C2(C)c3ccc(O)cc3CCN2c2ccc(OC(F)(F)F)cc2)cc1. The third-order valence-corrected chi connectivity index (χ3v) is 6.23. The molecule has 0 aliphatic carbocycles. The van der Waals surface area contributed by atoms with Gasteiger partial charge in [0.25, 0.3) is 0 Å². The van der Waals surface area contributed by atoms with Crippen LogP contribution in [0.15, 0.2) is 72.8 Å². The summed E-state index contributed by atoms with van der Waals surface area (Å²) in [7, 11) is 1.31. The number of carbonyl (C=O) groups is 1. The Morgan fingerprint density at radius 2 is 1.74 bits per heavy atom. The number of aromatic hydroxyl groups is 1. The molecule has 0 bridgehead atoms. The third kappa shape index (κ3) is 5.11. The van der Waals surface area contributed by atoms with Gasteiger partial charge < -0.3 is 19.5 Å². The normalized spacial score (nSPS) is 17.8. The van der Waals surface area contributed by atoms with Crippen LogP contribution >= 0.6 is 0 Å². The lowest BCUT2D eigenvalue weighted by molar-refractivity contribution is -0.274. The van der Waals surface area contributed by atoms with Crippen molar-refractivity contribution in [1.82, 2.24) is 0 Å². The van der Waals surface area contributed by atoms with Crippen molar-refractivity contribution in [1.29, 1.82) is 0 Å². The van der Waals surface area contributed by atoms with Crippen molar-refractivity contribution < 1.29 is 32.5 Å². The number of phenolic OH excluding ortho intramolecular Hbond substituents is 1. The zero-order valence-corrected chi connectivity index (χ0v) is 19.2. The molecule has 1 heterocycles. The Hall–Kier alpha value is -3.94. The number of alkyl halides is 3. The first-order valence-corrected chi connectivity index (χ1v) is 10.9. The number of nitrogens with zero attached hydrogens (tertiary/aromatic N) is 1. The summed E-state index contributed by atoms with van der Waals surface area (Å²) in [5, 5.41) is 10.0. The van der Waals surface area contributed by atoms with Crippen LogP contribution in [0.3, 0.4) is 0 Å². The summed E-state index contributed by atoms with van der Waals surface area (Å²) < 4.78 is 46.5. The molecule has 3 aromatic carbocycles. The number of carbonyl (C=O) groups excluding carboxylic acids is 1. The van der Waals surface area contributed by atoms with E-state index in [4.69, 9.17) is 0 Å². The highest BCUT2D eigenvalue weighted by Crippen LogP contribution is 2.44. The lowest BCUT2D eigenvalue weighted by atomic mass is 9.76. The second-order valence-corrected chi connectivity index (χ2v) is 8.34. The topological polar surface area (TPSA) is 59.0 Å². The molecule has 8 heteroatoms. The number of esters is 1. The number of hydrogen-bond acceptors (Lipinski definition) is 5. The molecule has 0 fully saturated rings. The van der Waals surface area contributed by atoms with Crippen molar-refractivity contribution in [3.63, 3.8) is 0 Å². The molecule has 3 aromatic rings. The summed E-state index contributed by atoms with van der Waals surface area (Å²) in [6.07, 6.45) is -1.11. The highest BCUT2D eigenvalue weighted by Gasteiger charge is 2.40. The zero-order valence-electron chi connectivity index (χ0n) is 19.2. The Morgan fingerprint density at radius 1 is 1.06 bits per heavy atom. The van der Waals surface area contributed by atoms with Gasteiger partial charge in [-0.15, -0.1) is 13.2 Å². The van der Waals surface area contributed by atoms with Gasteiger partial charge in [-0.25, -0.2) is 4.79 Å². The number of benzene rings is 3. The fourth-order valence-corrected chi connectivity index (χ4v) is 4.54. The van der Waals surface area contributed by atoms with Crippen molar-refractivity contribution in [3.05, 3.63) is 95.1 Å². The first kappa shape index (κ1) is 24.2. The number of phenols is 1. The molecular formula is C27H24F3NO4. The van der Waals surface area contributed by atoms with Crippen LogP contribution < -0.4 is 9.64 Å². The van der Waals surface area contributed by atoms with Crippen molar-refractivity contribution in [3.8, 4) is 11.5 Å². The summed E-state index contributed by atoms with van der Waals surface area (Å²) in [6, 6.07) is 18.7. The van der Waals surface area contributed by atoms with E-state index in [2.05, 4.69) is 14.4 Å². The Kier molecular flexibility index (Phi) is 6.47. The monoisotopic (exact) mass is 483 g/mol. The summed E-state index contributed by atoms with van der Waals surface area (Å²) >= 11 is 0. The molecule has 1 unspecified atom stereocenters. The first-order chi connectivity index (χ1) is 16.6. The average Bonchev–Trinajstić information content (AvgIpc) is 2.82. The van der Waals surface area contributed by atoms with Gasteiger partial charge in [0, 0.05) is 18.3 Å². The molecule has 0 aromatic heterocycles. The first-order valence-electron chi connectivity index (χ1n) is 10.9. The van der Waals surface area contributed by atoms with E-state index in [0.717, 1.165) is 27.9 Å². The van der Waals surface area contributed by atoms with Crippen LogP contribution in [0, 0.1) is 0 Å². The lowest BCUT2D eigenvalue weighted by Crippen LogP contribution is -2.49. The van der Waals surface area contributed by atoms with Gasteiger partial charge in [0.15, 0.2) is 0 Å². The smallest absolute Gasteiger partial charge is 0.508 e. The molecule has 0 spiro atoms. The van der Waals surface area contributed by atoms with Gasteiger partial charge in [0.2, 0.25) is 0 Å². The van der Waals surface area contributed by atoms with Crippen LogP contribution in [0.25, 0.3) is 6.08 Å². The van der Waals surface area contributed by atoms with Crippen LogP contribution in [0.4, 0.5) is 18.9 Å². The minimum absolute atomic E-state index is 0.177. The summed E-state index contributed by atoms with van der Waals surface area (Å²) in [4.78, 5) is 13.5. The predicted octanol–water partition coefficient (Wildman–Crippen LogP) is 5.80. The number of fused-ring (bicyclic) bond motifs is 1. The van der Waals surface area contributed by atoms with Gasteiger partial charge in [0.1, 0.15) is 11.5 Å². The molecule has 1 atom stereocenters. The van der Waals surface area contributed by atoms with Crippen molar-refractivity contribution in [2.45, 2.75) is 25.2 Å². The fourth-order valence-electron chi connectivity index (χ4n) is 4.54. The Morgan fingerprint density at radius 3 is 2.37 bits per heavy atom. The molecule has 5 nitrogen and oxygen atoms in total. The summed E-state index contributed by atoms with van der Waals surface area (Å²) in [6.45, 7) is 2.62. The minimum Gasteiger partial charge on any atom is -0.508 e. The van der Waals surface area contributed by atoms with Crippen LogP contribution in [0.1, 0.15) is 29.2 Å². The van der Waals surface area contributed by atoms with Gasteiger partial charge in [-0.3, -0.25) is 0 Å². The van der Waals surface area contributed by atoms with Crippen LogP contribution in [-0.4, -0.2) is 31.1 Å². The molecule has 0 saturated carbocycles. The second-order valence-electron chi connectivity index (χ2n) is 8.34. The Bertz CT molecular complexity index is 1240. The predicted molar refractivity (Wildman–Crippen MR) is 126 cm³/mol. The van der Waals surface area contributed by atoms with Crippen molar-refractivity contribution in [2.75, 3.05) is 18.6 Å². The highest BCUT2D eigenvalue weighted by atomic mass is 19.4. The largest absolute Gasteiger partial charge is 0.573 e. The van der Waals surface area contributed by atoms with Crippen LogP contribution in [0.5, 0.6) is 11.5 Å². The number of ether oxygens (including phenoxy) is 2. The molecule has 4 rings (SSSR count). The number of anilines is 1. The summed E-state index contributed by atoms with van der Waals surface area (Å²) in [5.41, 5.74) is 3.78. The highest BCUT2D eigenvalue weighted by molar-refractivity contribution is 5.86. The molecule has 1 aliphatic rings. The van der Waals surface area contributed by atoms with E-state index in [9.17, 15) is 23.1 Å². The minimum atomic E-state index is -4.76. The molecule has 1 N–H and O–H groups in total. The average molecular weight is 483 g/mol. The van der Waals surface area contributed by atoms with E-state index in [0.29, 0.717) is 13.0 Å². The molecule has 0 saturated heterocycles. The number of rotatable bonds is 5. The number of hydrogen-bond donors (Lipinski definition) is 1. The molecule has 35 heavy (non-hydrogen) atoms.